The van der Waals surface area contributed by atoms with Crippen LogP contribution in [0.2, 0.25) is 0 Å². The summed E-state index contributed by atoms with van der Waals surface area (Å²) in [6, 6.07) is 9.14. The van der Waals surface area contributed by atoms with Crippen molar-refractivity contribution >= 4 is 23.2 Å². The largest absolute Gasteiger partial charge is 0.479 e. The van der Waals surface area contributed by atoms with Crippen molar-refractivity contribution in [3.63, 3.8) is 0 Å². The van der Waals surface area contributed by atoms with Crippen LogP contribution in [0.25, 0.3) is 11.5 Å². The maximum Gasteiger partial charge on any atom is 0.263 e. The minimum atomic E-state index is -0.870. The molecular weight excluding hydrogens is 422 g/mol. The van der Waals surface area contributed by atoms with E-state index in [0.717, 1.165) is 5.56 Å². The number of Topliss-reactive ketones (excluding diaryl/α,β-unsaturated/α-hetero) is 1. The summed E-state index contributed by atoms with van der Waals surface area (Å²) >= 11 is 0. The molecule has 3 aromatic heterocycles. The molecule has 4 aromatic rings. The molecule has 166 valence electrons. The predicted octanol–water partition coefficient (Wildman–Crippen LogP) is 3.94. The van der Waals surface area contributed by atoms with E-state index >= 15 is 0 Å². The van der Waals surface area contributed by atoms with Gasteiger partial charge in [0.05, 0.1) is 5.56 Å². The lowest BCUT2D eigenvalue weighted by molar-refractivity contribution is 0.0684. The summed E-state index contributed by atoms with van der Waals surface area (Å²) in [5.74, 6) is 2.20. The lowest BCUT2D eigenvalue weighted by atomic mass is 10.00. The van der Waals surface area contributed by atoms with Gasteiger partial charge in [-0.15, -0.1) is 0 Å². The highest BCUT2D eigenvalue weighted by Gasteiger charge is 2.39. The fourth-order valence-corrected chi connectivity index (χ4v) is 3.48. The number of benzene rings is 1. The van der Waals surface area contributed by atoms with Crippen molar-refractivity contribution in [2.75, 3.05) is 10.6 Å². The first-order valence-electron chi connectivity index (χ1n) is 10.3. The molecule has 0 saturated carbocycles. The lowest BCUT2D eigenvalue weighted by Gasteiger charge is -2.15. The fraction of sp³-hybridized carbons (Fsp3) is 0.217. The number of hydrogen-bond acceptors (Lipinski definition) is 10. The number of nitrogens with one attached hydrogen (secondary N) is 2. The Morgan fingerprint density at radius 1 is 1.09 bits per heavy atom. The Kier molecular flexibility index (Phi) is 4.97. The Labute approximate surface area is 189 Å². The molecule has 10 heteroatoms. The first-order chi connectivity index (χ1) is 15.9. The second kappa shape index (κ2) is 7.97. The fourth-order valence-electron chi connectivity index (χ4n) is 3.48. The second-order valence-electron chi connectivity index (χ2n) is 8.09. The van der Waals surface area contributed by atoms with Gasteiger partial charge in [-0.25, -0.2) is 4.98 Å². The molecule has 10 nitrogen and oxygen atoms in total. The summed E-state index contributed by atoms with van der Waals surface area (Å²) in [4.78, 5) is 29.8. The number of carbonyl (C=O) groups is 1. The molecule has 0 atom stereocenters. The Balaban J connectivity index is 1.43. The Morgan fingerprint density at radius 3 is 2.73 bits per heavy atom. The minimum absolute atomic E-state index is 0.0404. The van der Waals surface area contributed by atoms with E-state index in [2.05, 4.69) is 35.7 Å². The van der Waals surface area contributed by atoms with Gasteiger partial charge in [0.2, 0.25) is 11.7 Å². The summed E-state index contributed by atoms with van der Waals surface area (Å²) < 4.78 is 11.1. The Bertz CT molecular complexity index is 1340. The van der Waals surface area contributed by atoms with Gasteiger partial charge in [-0.05, 0) is 44.5 Å². The van der Waals surface area contributed by atoms with E-state index < -0.39 is 5.60 Å². The van der Waals surface area contributed by atoms with Crippen LogP contribution in [0.3, 0.4) is 0 Å². The van der Waals surface area contributed by atoms with Crippen LogP contribution >= 0.6 is 0 Å². The van der Waals surface area contributed by atoms with E-state index in [-0.39, 0.29) is 5.78 Å². The maximum atomic E-state index is 12.4. The maximum absolute atomic E-state index is 12.4. The molecule has 0 fully saturated rings. The van der Waals surface area contributed by atoms with Crippen LogP contribution in [0.5, 0.6) is 5.75 Å². The zero-order chi connectivity index (χ0) is 23.0. The molecule has 0 unspecified atom stereocenters. The van der Waals surface area contributed by atoms with E-state index in [0.29, 0.717) is 52.6 Å². The van der Waals surface area contributed by atoms with Crippen molar-refractivity contribution < 1.29 is 14.1 Å². The normalized spacial score (nSPS) is 14.0. The van der Waals surface area contributed by atoms with E-state index in [4.69, 9.17) is 9.26 Å². The van der Waals surface area contributed by atoms with Gasteiger partial charge in [0.25, 0.3) is 5.89 Å². The van der Waals surface area contributed by atoms with E-state index in [1.807, 2.05) is 12.1 Å². The molecule has 0 amide bonds. The quantitative estimate of drug-likeness (QED) is 0.452. The average Bonchev–Trinajstić information content (AvgIpc) is 3.33. The molecule has 0 radical (unpaired) electrons. The first-order valence-corrected chi connectivity index (χ1v) is 10.3. The number of ether oxygens (including phenoxy) is 1. The van der Waals surface area contributed by atoms with Gasteiger partial charge >= 0.3 is 0 Å². The van der Waals surface area contributed by atoms with Crippen LogP contribution in [0, 0.1) is 6.92 Å². The number of rotatable bonds is 6. The zero-order valence-electron chi connectivity index (χ0n) is 18.3. The van der Waals surface area contributed by atoms with Gasteiger partial charge in [-0.1, -0.05) is 11.2 Å². The molecular formula is C23H21N7O3. The van der Waals surface area contributed by atoms with Crippen LogP contribution in [-0.2, 0) is 6.54 Å². The molecule has 0 saturated heterocycles. The van der Waals surface area contributed by atoms with Gasteiger partial charge in [-0.2, -0.15) is 9.97 Å². The number of pyridine rings is 1. The molecule has 5 rings (SSSR count). The summed E-state index contributed by atoms with van der Waals surface area (Å²) in [5, 5.41) is 10.3. The number of aryl methyl sites for hydroxylation is 1. The second-order valence-corrected chi connectivity index (χ2v) is 8.09. The van der Waals surface area contributed by atoms with Crippen LogP contribution in [0.4, 0.5) is 17.5 Å². The van der Waals surface area contributed by atoms with Gasteiger partial charge in [0.1, 0.15) is 17.1 Å². The predicted molar refractivity (Wildman–Crippen MR) is 120 cm³/mol. The van der Waals surface area contributed by atoms with Crippen molar-refractivity contribution in [3.8, 4) is 17.2 Å². The van der Waals surface area contributed by atoms with Crippen LogP contribution in [0.1, 0.15) is 35.6 Å². The highest BCUT2D eigenvalue weighted by molar-refractivity contribution is 6.07. The van der Waals surface area contributed by atoms with Crippen LogP contribution in [0.15, 0.2) is 53.4 Å². The van der Waals surface area contributed by atoms with Crippen molar-refractivity contribution in [3.05, 3.63) is 65.9 Å². The number of anilines is 3. The van der Waals surface area contributed by atoms with E-state index in [9.17, 15) is 4.79 Å². The number of aromatic nitrogens is 5. The number of fused-ring (bicyclic) bond motifs is 1. The van der Waals surface area contributed by atoms with E-state index in [1.54, 1.807) is 57.6 Å². The molecule has 4 heterocycles. The lowest BCUT2D eigenvalue weighted by Crippen LogP contribution is -2.31. The summed E-state index contributed by atoms with van der Waals surface area (Å²) in [7, 11) is 0. The number of nitrogens with zero attached hydrogens (tertiary/aromatic N) is 5. The molecule has 1 aliphatic rings. The Morgan fingerprint density at radius 2 is 1.97 bits per heavy atom. The highest BCUT2D eigenvalue weighted by Crippen LogP contribution is 2.37. The highest BCUT2D eigenvalue weighted by atomic mass is 16.5. The van der Waals surface area contributed by atoms with Crippen molar-refractivity contribution in [2.45, 2.75) is 32.9 Å². The molecule has 0 aliphatic carbocycles. The standard InChI is InChI=1S/C23H21N7O3/c1-13-27-21(33-30-13)17-12-26-22(29-20(17)25-11-14-5-4-8-24-10-14)28-15-6-7-16-18(9-15)32-23(2,3)19(16)31/h4-10,12H,11H2,1-3H3,(H2,25,26,28,29). The molecule has 0 bridgehead atoms. The monoisotopic (exact) mass is 443 g/mol. The van der Waals surface area contributed by atoms with Crippen LogP contribution < -0.4 is 15.4 Å². The number of carbonyl (C=O) groups excluding carboxylic acids is 1. The first kappa shape index (κ1) is 20.6. The summed E-state index contributed by atoms with van der Waals surface area (Å²) in [6.45, 7) is 5.75. The molecule has 33 heavy (non-hydrogen) atoms. The van der Waals surface area contributed by atoms with Crippen molar-refractivity contribution in [1.29, 1.82) is 0 Å². The Hall–Kier alpha value is -4.34. The van der Waals surface area contributed by atoms with Gasteiger partial charge < -0.3 is 19.9 Å². The average molecular weight is 443 g/mol. The minimum Gasteiger partial charge on any atom is -0.479 e. The van der Waals surface area contributed by atoms with Gasteiger partial charge in [-0.3, -0.25) is 9.78 Å². The third kappa shape index (κ3) is 4.10. The number of ketones is 1. The molecule has 2 N–H and O–H groups in total. The van der Waals surface area contributed by atoms with Crippen molar-refractivity contribution in [2.24, 2.45) is 0 Å². The van der Waals surface area contributed by atoms with E-state index in [1.165, 1.54) is 0 Å². The zero-order valence-corrected chi connectivity index (χ0v) is 18.3. The van der Waals surface area contributed by atoms with Crippen molar-refractivity contribution in [1.82, 2.24) is 25.1 Å². The molecule has 1 aliphatic heterocycles. The topological polar surface area (TPSA) is 128 Å². The SMILES string of the molecule is Cc1noc(-c2cnc(Nc3ccc4c(c3)OC(C)(C)C4=O)nc2NCc2cccnc2)n1. The third-order valence-corrected chi connectivity index (χ3v) is 5.12. The molecule has 0 spiro atoms. The number of hydrogen-bond donors (Lipinski definition) is 2. The van der Waals surface area contributed by atoms with Crippen LogP contribution in [-0.4, -0.2) is 36.5 Å². The third-order valence-electron chi connectivity index (χ3n) is 5.12. The summed E-state index contributed by atoms with van der Waals surface area (Å²) in [6.07, 6.45) is 5.11. The summed E-state index contributed by atoms with van der Waals surface area (Å²) in [5.41, 5.74) is 1.95. The molecule has 1 aromatic carbocycles. The van der Waals surface area contributed by atoms with Gasteiger partial charge in [0.15, 0.2) is 11.4 Å². The van der Waals surface area contributed by atoms with Gasteiger partial charge in [0, 0.05) is 36.9 Å². The smallest absolute Gasteiger partial charge is 0.263 e.